The van der Waals surface area contributed by atoms with Crippen molar-refractivity contribution >= 4 is 117 Å². The smallest absolute Gasteiger partial charge is 0.251 e. The molecule has 5 heterocycles. The number of para-hydroxylation sites is 4. The van der Waals surface area contributed by atoms with Crippen LogP contribution in [0.25, 0.3) is 110 Å². The molecule has 0 saturated heterocycles. The normalized spacial score (nSPS) is 14.6. The minimum atomic E-state index is -0.284. The van der Waals surface area contributed by atoms with Gasteiger partial charge in [-0.3, -0.25) is 0 Å². The van der Waals surface area contributed by atoms with E-state index in [4.69, 9.17) is 8.83 Å². The maximum absolute atomic E-state index is 7.46. The predicted molar refractivity (Wildman–Crippen MR) is 394 cm³/mol. The fourth-order valence-corrected chi connectivity index (χ4v) is 16.0. The first-order valence-corrected chi connectivity index (χ1v) is 32.8. The molecule has 1 atom stereocenters. The molecule has 0 saturated carbocycles. The number of aromatic nitrogens is 1. The predicted octanol–water partition coefficient (Wildman–Crippen LogP) is 22.5. The van der Waals surface area contributed by atoms with E-state index in [1.54, 1.807) is 0 Å². The number of nitrogens with zero attached hydrogens (tertiary/aromatic N) is 3. The molecule has 6 heteroatoms. The maximum Gasteiger partial charge on any atom is 0.251 e. The molecular weight excluding hydrogens is 1140 g/mol. The van der Waals surface area contributed by atoms with Crippen LogP contribution in [0.4, 0.5) is 28.4 Å². The number of furan rings is 2. The van der Waals surface area contributed by atoms with Crippen molar-refractivity contribution in [1.82, 2.24) is 4.57 Å². The van der Waals surface area contributed by atoms with Crippen LogP contribution in [-0.2, 0) is 5.41 Å². The fraction of sp³-hybridized carbons (Fsp3) is 0.0682. The van der Waals surface area contributed by atoms with E-state index >= 15 is 0 Å². The summed E-state index contributed by atoms with van der Waals surface area (Å²) in [5, 5.41) is 6.73. The Bertz CT molecular complexity index is 5760. The Kier molecular flexibility index (Phi) is 12.1. The average Bonchev–Trinajstić information content (AvgIpc) is 0.760. The molecule has 19 rings (SSSR count). The van der Waals surface area contributed by atoms with Gasteiger partial charge in [0.25, 0.3) is 6.71 Å². The van der Waals surface area contributed by atoms with E-state index in [9.17, 15) is 0 Å². The quantitative estimate of drug-likeness (QED) is 0.142. The van der Waals surface area contributed by atoms with Crippen LogP contribution in [0, 0.1) is 0 Å². The van der Waals surface area contributed by atoms with Crippen LogP contribution < -0.4 is 20.7 Å². The summed E-state index contributed by atoms with van der Waals surface area (Å²) in [5.41, 5.74) is 28.5. The van der Waals surface area contributed by atoms with Gasteiger partial charge in [0.05, 0.1) is 22.4 Å². The zero-order valence-electron chi connectivity index (χ0n) is 52.4. The van der Waals surface area contributed by atoms with Crippen molar-refractivity contribution in [3.05, 3.63) is 331 Å². The van der Waals surface area contributed by atoms with E-state index in [1.807, 2.05) is 0 Å². The number of fused-ring (bicyclic) bond motifs is 12. The molecule has 94 heavy (non-hydrogen) atoms. The Morgan fingerprint density at radius 3 is 1.45 bits per heavy atom. The third kappa shape index (κ3) is 8.28. The topological polar surface area (TPSA) is 37.7 Å². The lowest BCUT2D eigenvalue weighted by Gasteiger charge is -2.47. The molecule has 0 spiro atoms. The van der Waals surface area contributed by atoms with E-state index in [0.717, 1.165) is 122 Å². The Morgan fingerprint density at radius 1 is 0.394 bits per heavy atom. The van der Waals surface area contributed by atoms with Gasteiger partial charge in [0.2, 0.25) is 0 Å². The van der Waals surface area contributed by atoms with Gasteiger partial charge in [0, 0.05) is 77.8 Å². The van der Waals surface area contributed by atoms with Crippen molar-refractivity contribution in [1.29, 1.82) is 0 Å². The first-order chi connectivity index (χ1) is 46.3. The number of hydrogen-bond donors (Lipinski definition) is 0. The van der Waals surface area contributed by atoms with Crippen LogP contribution in [0.15, 0.2) is 323 Å². The van der Waals surface area contributed by atoms with E-state index in [2.05, 4.69) is 338 Å². The van der Waals surface area contributed by atoms with Crippen LogP contribution in [0.1, 0.15) is 49.8 Å². The van der Waals surface area contributed by atoms with Gasteiger partial charge in [-0.1, -0.05) is 257 Å². The Morgan fingerprint density at radius 2 is 0.883 bits per heavy atom. The first-order valence-electron chi connectivity index (χ1n) is 32.8. The van der Waals surface area contributed by atoms with E-state index in [1.165, 1.54) is 55.1 Å². The second-order valence-electron chi connectivity index (χ2n) is 26.6. The number of allylic oxidation sites excluding steroid dienone is 4. The van der Waals surface area contributed by atoms with E-state index in [0.29, 0.717) is 6.42 Å². The van der Waals surface area contributed by atoms with E-state index < -0.39 is 0 Å². The molecule has 0 radical (unpaired) electrons. The molecule has 2 aliphatic heterocycles. The van der Waals surface area contributed by atoms with Crippen molar-refractivity contribution < 1.29 is 8.83 Å². The van der Waals surface area contributed by atoms with Gasteiger partial charge in [-0.05, 0) is 139 Å². The Hall–Kier alpha value is -11.6. The highest BCUT2D eigenvalue weighted by Crippen LogP contribution is 2.57. The summed E-state index contributed by atoms with van der Waals surface area (Å²) in [6.07, 6.45) is 3.31. The van der Waals surface area contributed by atoms with Crippen molar-refractivity contribution in [3.8, 4) is 39.1 Å². The highest BCUT2D eigenvalue weighted by Gasteiger charge is 2.48. The monoisotopic (exact) mass is 1200 g/mol. The van der Waals surface area contributed by atoms with Gasteiger partial charge in [-0.2, -0.15) is 0 Å². The number of rotatable bonds is 8. The standard InChI is InChI=1S/C88H62BN3O2/c1-88(2,3)61-42-40-55(41-43-61)60-50-79-83-80(51-60)92(85-64(57-26-10-5-11-27-57)46-48-70-68-35-19-23-39-82(68)94-87(70)85)78-54-72(59-30-14-7-15-31-59)71(58-28-12-6-13-29-58)53-74(78)89(83)73-52-62(90-75-36-20-16-32-65(75)66-33-17-21-37-76(66)90)44-49-77(73)91(79)84-63(56-24-8-4-9-25-56)45-47-69-67-34-18-22-38-81(67)93-86(69)84/h4-53,72H,54H2,1-3H3. The summed E-state index contributed by atoms with van der Waals surface area (Å²) >= 11 is 0. The second-order valence-corrected chi connectivity index (χ2v) is 26.6. The highest BCUT2D eigenvalue weighted by atomic mass is 16.3. The molecular formula is C88H62BN3O2. The molecule has 3 aliphatic rings. The average molecular weight is 1200 g/mol. The molecule has 1 aliphatic carbocycles. The minimum absolute atomic E-state index is 0.0170. The molecule has 1 unspecified atom stereocenters. The van der Waals surface area contributed by atoms with Crippen LogP contribution in [0.3, 0.4) is 0 Å². The molecule has 16 aromatic rings. The highest BCUT2D eigenvalue weighted by molar-refractivity contribution is 6.96. The lowest BCUT2D eigenvalue weighted by Crippen LogP contribution is -2.56. The molecule has 13 aromatic carbocycles. The molecule has 0 fully saturated rings. The summed E-state index contributed by atoms with van der Waals surface area (Å²) in [6.45, 7) is 6.61. The van der Waals surface area contributed by atoms with Crippen LogP contribution in [0.2, 0.25) is 0 Å². The SMILES string of the molecule is CC(C)(C)c1ccc(-c2cc3c4c(c2)N(c2c(-c5ccccc5)ccc5c2oc2ccccc25)c2ccc(-n5c6ccccc6c6ccccc65)cc2B4C2=C(CC(c4ccccc4)C(c4ccccc4)=C2)N3c2c(-c3ccccc3)ccc3c2oc2ccccc23)cc1. The number of benzene rings is 13. The zero-order valence-corrected chi connectivity index (χ0v) is 52.4. The third-order valence-electron chi connectivity index (χ3n) is 20.4. The minimum Gasteiger partial charge on any atom is -0.454 e. The van der Waals surface area contributed by atoms with Gasteiger partial charge in [0.15, 0.2) is 11.2 Å². The molecule has 5 nitrogen and oxygen atoms in total. The maximum atomic E-state index is 7.46. The van der Waals surface area contributed by atoms with Crippen molar-refractivity contribution in [3.63, 3.8) is 0 Å². The van der Waals surface area contributed by atoms with Crippen molar-refractivity contribution in [2.75, 3.05) is 9.80 Å². The van der Waals surface area contributed by atoms with Gasteiger partial charge in [-0.25, -0.2) is 0 Å². The van der Waals surface area contributed by atoms with Crippen LogP contribution in [-0.4, -0.2) is 11.3 Å². The third-order valence-corrected chi connectivity index (χ3v) is 20.4. The van der Waals surface area contributed by atoms with Gasteiger partial charge in [0.1, 0.15) is 11.2 Å². The number of anilines is 5. The largest absolute Gasteiger partial charge is 0.454 e. The molecule has 0 amide bonds. The van der Waals surface area contributed by atoms with Crippen LogP contribution in [0.5, 0.6) is 0 Å². The summed E-state index contributed by atoms with van der Waals surface area (Å²) < 4.78 is 17.4. The Labute approximate surface area is 546 Å². The first kappa shape index (κ1) is 54.2. The fourth-order valence-electron chi connectivity index (χ4n) is 16.0. The summed E-state index contributed by atoms with van der Waals surface area (Å²) in [5.74, 6) is -0.0170. The van der Waals surface area contributed by atoms with Crippen molar-refractivity contribution in [2.24, 2.45) is 0 Å². The van der Waals surface area contributed by atoms with Gasteiger partial charge in [-0.15, -0.1) is 0 Å². The lowest BCUT2D eigenvalue weighted by atomic mass is 9.32. The lowest BCUT2D eigenvalue weighted by molar-refractivity contribution is 0.590. The summed E-state index contributed by atoms with van der Waals surface area (Å²) in [4.78, 5) is 5.28. The van der Waals surface area contributed by atoms with Gasteiger partial charge < -0.3 is 23.2 Å². The summed E-state index contributed by atoms with van der Waals surface area (Å²) in [7, 11) is 0. The molecule has 3 aromatic heterocycles. The van der Waals surface area contributed by atoms with E-state index in [-0.39, 0.29) is 18.0 Å². The van der Waals surface area contributed by atoms with Crippen LogP contribution >= 0.6 is 0 Å². The second kappa shape index (κ2) is 21.0. The zero-order chi connectivity index (χ0) is 62.3. The summed E-state index contributed by atoms with van der Waals surface area (Å²) in [6, 6.07) is 110. The van der Waals surface area contributed by atoms with Crippen molar-refractivity contribution in [2.45, 2.75) is 38.5 Å². The molecule has 0 bridgehead atoms. The molecule has 0 N–H and O–H groups in total. The molecule has 444 valence electrons. The number of hydrogen-bond acceptors (Lipinski definition) is 4. The Balaban J connectivity index is 1.01. The van der Waals surface area contributed by atoms with Gasteiger partial charge >= 0.3 is 0 Å².